The molecule has 0 aliphatic carbocycles. The van der Waals surface area contributed by atoms with Gasteiger partial charge in [-0.2, -0.15) is 0 Å². The summed E-state index contributed by atoms with van der Waals surface area (Å²) in [5.74, 6) is -0.948. The van der Waals surface area contributed by atoms with E-state index in [1.54, 1.807) is 18.3 Å². The molecule has 0 aromatic carbocycles. The van der Waals surface area contributed by atoms with Crippen LogP contribution in [0.4, 0.5) is 0 Å². The van der Waals surface area contributed by atoms with Gasteiger partial charge in [0.1, 0.15) is 9.35 Å². The van der Waals surface area contributed by atoms with Gasteiger partial charge in [0.15, 0.2) is 0 Å². The largest absolute Gasteiger partial charge is 0.598 e. The smallest absolute Gasteiger partial charge is 0.305 e. The fourth-order valence-electron chi connectivity index (χ4n) is 1.34. The number of aliphatic carboxylic acids is 1. The molecule has 0 saturated heterocycles. The van der Waals surface area contributed by atoms with Crippen LogP contribution < -0.4 is 4.72 Å². The lowest BCUT2D eigenvalue weighted by Crippen LogP contribution is -2.41. The van der Waals surface area contributed by atoms with E-state index in [0.29, 0.717) is 4.60 Å². The van der Waals surface area contributed by atoms with E-state index < -0.39 is 28.1 Å². The molecule has 0 saturated carbocycles. The van der Waals surface area contributed by atoms with Crippen molar-refractivity contribution in [3.63, 3.8) is 0 Å². The Labute approximate surface area is 124 Å². The van der Waals surface area contributed by atoms with Crippen molar-refractivity contribution in [2.45, 2.75) is 38.0 Å². The highest BCUT2D eigenvalue weighted by atomic mass is 79.9. The summed E-state index contributed by atoms with van der Waals surface area (Å²) in [5, 5.41) is 8.96. The summed E-state index contributed by atoms with van der Waals surface area (Å²) < 4.78 is 15.1. The summed E-state index contributed by atoms with van der Waals surface area (Å²) in [6.45, 7) is 5.49. The molecule has 0 spiro atoms. The van der Waals surface area contributed by atoms with Crippen LogP contribution in [0.5, 0.6) is 0 Å². The van der Waals surface area contributed by atoms with Crippen LogP contribution in [0.25, 0.3) is 0 Å². The normalized spacial score (nSPS) is 15.0. The molecule has 106 valence electrons. The van der Waals surface area contributed by atoms with Crippen LogP contribution in [0, 0.1) is 0 Å². The number of halogens is 1. The zero-order valence-corrected chi connectivity index (χ0v) is 13.4. The Balaban J connectivity index is 2.92. The topological polar surface area (TPSA) is 85.3 Å². The molecular formula is C12H17BrN2O3S. The minimum absolute atomic E-state index is 0.141. The van der Waals surface area contributed by atoms with Crippen LogP contribution in [0.15, 0.2) is 22.9 Å². The number of nitrogens with zero attached hydrogens (tertiary/aromatic N) is 1. The first-order chi connectivity index (χ1) is 8.70. The maximum atomic E-state index is 12.1. The number of nitrogens with one attached hydrogen (secondary N) is 1. The van der Waals surface area contributed by atoms with E-state index in [2.05, 4.69) is 25.6 Å². The van der Waals surface area contributed by atoms with Gasteiger partial charge in [-0.3, -0.25) is 4.79 Å². The maximum absolute atomic E-state index is 12.1. The van der Waals surface area contributed by atoms with Crippen molar-refractivity contribution in [2.24, 2.45) is 0 Å². The molecule has 1 aromatic rings. The van der Waals surface area contributed by atoms with Crippen molar-refractivity contribution in [3.05, 3.63) is 28.5 Å². The highest BCUT2D eigenvalue weighted by molar-refractivity contribution is 9.10. The quantitative estimate of drug-likeness (QED) is 0.630. The van der Waals surface area contributed by atoms with Crippen LogP contribution in [0.1, 0.15) is 38.8 Å². The molecule has 5 nitrogen and oxygen atoms in total. The van der Waals surface area contributed by atoms with E-state index in [9.17, 15) is 9.35 Å². The summed E-state index contributed by atoms with van der Waals surface area (Å²) >= 11 is 1.90. The van der Waals surface area contributed by atoms with E-state index in [-0.39, 0.29) is 6.42 Å². The third-order valence-electron chi connectivity index (χ3n) is 2.34. The Kier molecular flexibility index (Phi) is 5.79. The van der Waals surface area contributed by atoms with Crippen molar-refractivity contribution in [1.29, 1.82) is 0 Å². The number of carboxylic acid groups (broad SMARTS) is 1. The number of aromatic nitrogens is 1. The molecule has 2 N–H and O–H groups in total. The molecule has 0 fully saturated rings. The summed E-state index contributed by atoms with van der Waals surface area (Å²) in [7, 11) is 0. The van der Waals surface area contributed by atoms with Crippen LogP contribution in [-0.4, -0.2) is 25.4 Å². The lowest BCUT2D eigenvalue weighted by atomic mass is 10.1. The Morgan fingerprint density at radius 3 is 2.74 bits per heavy atom. The molecule has 7 heteroatoms. The van der Waals surface area contributed by atoms with Crippen molar-refractivity contribution in [2.75, 3.05) is 0 Å². The standard InChI is InChI=1S/C12H17BrN2O3S/c1-12(2,3)19(18)15-9(7-11(16)17)8-4-5-14-10(13)6-8/h4-6,9,15H,7H2,1-3H3,(H,16,17)/t9-,19+/m0/s1. The first kappa shape index (κ1) is 16.4. The van der Waals surface area contributed by atoms with Crippen molar-refractivity contribution in [1.82, 2.24) is 9.71 Å². The third-order valence-corrected chi connectivity index (χ3v) is 4.38. The molecule has 2 atom stereocenters. The SMILES string of the molecule is CC(C)(C)[S@@+]([O-])N[C@@H](CC(=O)O)c1ccnc(Br)c1. The third kappa shape index (κ3) is 5.48. The predicted molar refractivity (Wildman–Crippen MR) is 78.0 cm³/mol. The van der Waals surface area contributed by atoms with Gasteiger partial charge >= 0.3 is 5.97 Å². The van der Waals surface area contributed by atoms with Gasteiger partial charge in [-0.15, -0.1) is 4.72 Å². The fourth-order valence-corrected chi connectivity index (χ4v) is 2.56. The van der Waals surface area contributed by atoms with Gasteiger partial charge in [0, 0.05) is 17.6 Å². The molecule has 0 radical (unpaired) electrons. The molecule has 1 heterocycles. The average Bonchev–Trinajstić information content (AvgIpc) is 2.26. The summed E-state index contributed by atoms with van der Waals surface area (Å²) in [5.41, 5.74) is 0.738. The Morgan fingerprint density at radius 2 is 2.26 bits per heavy atom. The number of hydrogen-bond acceptors (Lipinski definition) is 4. The lowest BCUT2D eigenvalue weighted by Gasteiger charge is -2.27. The van der Waals surface area contributed by atoms with Gasteiger partial charge in [0.25, 0.3) is 0 Å². The summed E-state index contributed by atoms with van der Waals surface area (Å²) in [6, 6.07) is 2.92. The Bertz CT molecular complexity index is 451. The summed E-state index contributed by atoms with van der Waals surface area (Å²) in [6.07, 6.45) is 1.44. The fraction of sp³-hybridized carbons (Fsp3) is 0.500. The van der Waals surface area contributed by atoms with Crippen molar-refractivity contribution < 1.29 is 14.5 Å². The van der Waals surface area contributed by atoms with Crippen LogP contribution in [0.3, 0.4) is 0 Å². The van der Waals surface area contributed by atoms with E-state index in [1.807, 2.05) is 20.8 Å². The van der Waals surface area contributed by atoms with Crippen molar-refractivity contribution in [3.8, 4) is 0 Å². The molecular weight excluding hydrogens is 332 g/mol. The molecule has 1 aromatic heterocycles. The zero-order valence-electron chi connectivity index (χ0n) is 11.0. The van der Waals surface area contributed by atoms with Gasteiger partial charge in [-0.25, -0.2) is 4.98 Å². The van der Waals surface area contributed by atoms with Crippen LogP contribution >= 0.6 is 15.9 Å². The highest BCUT2D eigenvalue weighted by Gasteiger charge is 2.30. The van der Waals surface area contributed by atoms with Crippen LogP contribution in [-0.2, 0) is 16.2 Å². The molecule has 1 rings (SSSR count). The number of hydrogen-bond donors (Lipinski definition) is 2. The molecule has 0 bridgehead atoms. The van der Waals surface area contributed by atoms with Crippen LogP contribution in [0.2, 0.25) is 0 Å². The highest BCUT2D eigenvalue weighted by Crippen LogP contribution is 2.23. The Hall–Kier alpha value is -0.630. The summed E-state index contributed by atoms with van der Waals surface area (Å²) in [4.78, 5) is 14.9. The zero-order chi connectivity index (χ0) is 14.6. The molecule has 0 amide bonds. The van der Waals surface area contributed by atoms with E-state index in [0.717, 1.165) is 5.56 Å². The minimum Gasteiger partial charge on any atom is -0.598 e. The predicted octanol–water partition coefficient (Wildman–Crippen LogP) is 2.41. The van der Waals surface area contributed by atoms with Gasteiger partial charge in [-0.1, -0.05) is 0 Å². The lowest BCUT2D eigenvalue weighted by molar-refractivity contribution is -0.137. The average molecular weight is 349 g/mol. The second-order valence-corrected chi connectivity index (χ2v) is 7.87. The monoisotopic (exact) mass is 348 g/mol. The first-order valence-electron chi connectivity index (χ1n) is 5.71. The number of carboxylic acids is 1. The second kappa shape index (κ2) is 6.69. The number of rotatable bonds is 5. The van der Waals surface area contributed by atoms with Gasteiger partial charge in [0.2, 0.25) is 0 Å². The van der Waals surface area contributed by atoms with Gasteiger partial charge in [0.05, 0.1) is 12.5 Å². The van der Waals surface area contributed by atoms with Gasteiger partial charge < -0.3 is 9.66 Å². The van der Waals surface area contributed by atoms with Crippen molar-refractivity contribution >= 4 is 33.3 Å². The van der Waals surface area contributed by atoms with E-state index in [4.69, 9.17) is 5.11 Å². The molecule has 0 aliphatic heterocycles. The van der Waals surface area contributed by atoms with Gasteiger partial charge in [-0.05, 0) is 54.4 Å². The number of carbonyl (C=O) groups is 1. The molecule has 0 unspecified atom stereocenters. The molecule has 19 heavy (non-hydrogen) atoms. The maximum Gasteiger partial charge on any atom is 0.305 e. The Morgan fingerprint density at radius 1 is 1.63 bits per heavy atom. The first-order valence-corrected chi connectivity index (χ1v) is 7.65. The van der Waals surface area contributed by atoms with E-state index >= 15 is 0 Å². The van der Waals surface area contributed by atoms with E-state index in [1.165, 1.54) is 0 Å². The minimum atomic E-state index is -1.34. The second-order valence-electron chi connectivity index (χ2n) is 5.06. The number of pyridine rings is 1. The molecule has 0 aliphatic rings.